The molecule has 4 rings (SSSR count). The highest BCUT2D eigenvalue weighted by atomic mass is 79.9. The molecular formula is C37H44Br2ClN3O2. The average Bonchev–Trinajstić information content (AvgIpc) is 3.00. The fourth-order valence-corrected chi connectivity index (χ4v) is 4.21. The van der Waals surface area contributed by atoms with E-state index in [0.29, 0.717) is 13.1 Å². The van der Waals surface area contributed by atoms with Crippen molar-refractivity contribution in [3.63, 3.8) is 0 Å². The van der Waals surface area contributed by atoms with E-state index in [1.807, 2.05) is 99.6 Å². The van der Waals surface area contributed by atoms with Gasteiger partial charge in [-0.15, -0.1) is 12.4 Å². The Labute approximate surface area is 292 Å². The van der Waals surface area contributed by atoms with Crippen LogP contribution in [0.4, 0.5) is 4.79 Å². The number of benzene rings is 4. The molecule has 45 heavy (non-hydrogen) atoms. The first-order chi connectivity index (χ1) is 21.1. The molecule has 0 aliphatic rings. The maximum atomic E-state index is 11.4. The first-order valence-corrected chi connectivity index (χ1v) is 16.2. The van der Waals surface area contributed by atoms with Gasteiger partial charge in [0, 0.05) is 26.6 Å². The van der Waals surface area contributed by atoms with Gasteiger partial charge in [-0.25, -0.2) is 4.79 Å². The van der Waals surface area contributed by atoms with E-state index in [1.165, 1.54) is 16.7 Å². The number of carbonyl (C=O) groups is 1. The van der Waals surface area contributed by atoms with Gasteiger partial charge >= 0.3 is 6.09 Å². The maximum Gasteiger partial charge on any atom is 0.407 e. The molecule has 0 aromatic heterocycles. The molecule has 4 aromatic carbocycles. The molecule has 0 aliphatic carbocycles. The van der Waals surface area contributed by atoms with Crippen molar-refractivity contribution in [1.29, 1.82) is 0 Å². The highest BCUT2D eigenvalue weighted by Crippen LogP contribution is 2.12. The molecule has 0 atom stereocenters. The van der Waals surface area contributed by atoms with Crippen molar-refractivity contribution in [2.45, 2.75) is 45.6 Å². The lowest BCUT2D eigenvalue weighted by Crippen LogP contribution is -2.33. The van der Waals surface area contributed by atoms with Gasteiger partial charge in [0.15, 0.2) is 0 Å². The SMILES string of the molecule is CC(C)(C)OC(=O)NCCc1ccc(Br)cc1.Cl.NCCc1ccc(Br)cc1.NCCc1ccc(C#Cc2ccccc2)cc1. The second-order valence-corrected chi connectivity index (χ2v) is 12.7. The molecule has 0 bridgehead atoms. The minimum atomic E-state index is -0.443. The Hall–Kier alpha value is -3.12. The molecule has 5 nitrogen and oxygen atoms in total. The monoisotopic (exact) mass is 755 g/mol. The van der Waals surface area contributed by atoms with Crippen molar-refractivity contribution in [2.75, 3.05) is 19.6 Å². The smallest absolute Gasteiger partial charge is 0.407 e. The van der Waals surface area contributed by atoms with Crippen LogP contribution >= 0.6 is 44.3 Å². The summed E-state index contributed by atoms with van der Waals surface area (Å²) in [7, 11) is 0. The lowest BCUT2D eigenvalue weighted by Gasteiger charge is -2.19. The zero-order chi connectivity index (χ0) is 32.2. The standard InChI is InChI=1S/C16H15N.C13H18BrNO2.C8H10BrN.ClH/c17-13-12-16-10-8-15(9-11-16)7-6-14-4-2-1-3-5-14;1-13(2,3)17-12(16)15-9-8-10-4-6-11(14)7-5-10;9-8-3-1-7(2-4-8)5-6-10;/h1-5,8-11H,12-13,17H2;4-7H,8-9H2,1-3H3,(H,15,16);1-4H,5-6,10H2;1H. The van der Waals surface area contributed by atoms with Gasteiger partial charge in [0.25, 0.3) is 0 Å². The number of nitrogens with one attached hydrogen (secondary N) is 1. The van der Waals surface area contributed by atoms with Gasteiger partial charge in [-0.2, -0.15) is 0 Å². The lowest BCUT2D eigenvalue weighted by atomic mass is 10.1. The molecule has 0 saturated heterocycles. The minimum Gasteiger partial charge on any atom is -0.444 e. The Morgan fingerprint density at radius 1 is 0.667 bits per heavy atom. The number of ether oxygens (including phenoxy) is 1. The van der Waals surface area contributed by atoms with Crippen molar-refractivity contribution in [3.8, 4) is 11.8 Å². The Balaban J connectivity index is 0.000000346. The summed E-state index contributed by atoms with van der Waals surface area (Å²) in [6.45, 7) is 7.54. The van der Waals surface area contributed by atoms with Gasteiger partial charge in [-0.3, -0.25) is 0 Å². The van der Waals surface area contributed by atoms with Crippen molar-refractivity contribution in [1.82, 2.24) is 5.32 Å². The summed E-state index contributed by atoms with van der Waals surface area (Å²) >= 11 is 6.75. The first-order valence-electron chi connectivity index (χ1n) is 14.6. The van der Waals surface area contributed by atoms with E-state index in [1.54, 1.807) is 0 Å². The summed E-state index contributed by atoms with van der Waals surface area (Å²) in [5, 5.41) is 2.73. The predicted octanol–water partition coefficient (Wildman–Crippen LogP) is 8.48. The van der Waals surface area contributed by atoms with Crippen LogP contribution < -0.4 is 16.8 Å². The zero-order valence-corrected chi connectivity index (χ0v) is 30.2. The molecule has 0 heterocycles. The minimum absolute atomic E-state index is 0. The number of nitrogens with two attached hydrogens (primary N) is 2. The fraction of sp³-hybridized carbons (Fsp3) is 0.270. The summed E-state index contributed by atoms with van der Waals surface area (Å²) in [6, 6.07) is 34.5. The molecular weight excluding hydrogens is 714 g/mol. The van der Waals surface area contributed by atoms with Crippen molar-refractivity contribution in [3.05, 3.63) is 140 Å². The number of amides is 1. The zero-order valence-electron chi connectivity index (χ0n) is 26.2. The molecule has 0 saturated carbocycles. The number of hydrogen-bond donors (Lipinski definition) is 3. The third-order valence-electron chi connectivity index (χ3n) is 5.85. The second kappa shape index (κ2) is 22.4. The number of rotatable bonds is 7. The Morgan fingerprint density at radius 3 is 1.49 bits per heavy atom. The molecule has 0 radical (unpaired) electrons. The van der Waals surface area contributed by atoms with Gasteiger partial charge in [0.2, 0.25) is 0 Å². The van der Waals surface area contributed by atoms with Crippen LogP contribution in [0.25, 0.3) is 0 Å². The number of hydrogen-bond acceptors (Lipinski definition) is 4. The van der Waals surface area contributed by atoms with E-state index in [4.69, 9.17) is 16.2 Å². The number of halogens is 3. The number of carbonyl (C=O) groups excluding carboxylic acids is 1. The quantitative estimate of drug-likeness (QED) is 0.165. The Bertz CT molecular complexity index is 1430. The highest BCUT2D eigenvalue weighted by Gasteiger charge is 2.15. The normalized spacial score (nSPS) is 9.93. The van der Waals surface area contributed by atoms with E-state index in [-0.39, 0.29) is 18.5 Å². The molecule has 1 amide bonds. The van der Waals surface area contributed by atoms with Crippen LogP contribution in [-0.2, 0) is 24.0 Å². The van der Waals surface area contributed by atoms with Crippen LogP contribution in [0.15, 0.2) is 112 Å². The molecule has 0 unspecified atom stereocenters. The van der Waals surface area contributed by atoms with Crippen LogP contribution in [-0.4, -0.2) is 31.3 Å². The van der Waals surface area contributed by atoms with E-state index < -0.39 is 5.60 Å². The molecule has 0 aliphatic heterocycles. The van der Waals surface area contributed by atoms with Crippen molar-refractivity contribution < 1.29 is 9.53 Å². The largest absolute Gasteiger partial charge is 0.444 e. The Morgan fingerprint density at radius 2 is 1.07 bits per heavy atom. The van der Waals surface area contributed by atoms with Crippen molar-refractivity contribution >= 4 is 50.4 Å². The van der Waals surface area contributed by atoms with Gasteiger partial charge < -0.3 is 21.5 Å². The summed E-state index contributed by atoms with van der Waals surface area (Å²) in [6.07, 6.45) is 2.32. The van der Waals surface area contributed by atoms with E-state index >= 15 is 0 Å². The highest BCUT2D eigenvalue weighted by molar-refractivity contribution is 9.10. The molecule has 8 heteroatoms. The fourth-order valence-electron chi connectivity index (χ4n) is 3.68. The third kappa shape index (κ3) is 19.1. The summed E-state index contributed by atoms with van der Waals surface area (Å²) in [5.74, 6) is 6.29. The predicted molar refractivity (Wildman–Crippen MR) is 198 cm³/mol. The average molecular weight is 758 g/mol. The van der Waals surface area contributed by atoms with Crippen LogP contribution in [0.5, 0.6) is 0 Å². The van der Waals surface area contributed by atoms with Crippen LogP contribution in [0.2, 0.25) is 0 Å². The summed E-state index contributed by atoms with van der Waals surface area (Å²) in [4.78, 5) is 11.4. The summed E-state index contributed by atoms with van der Waals surface area (Å²) in [5.41, 5.74) is 16.3. The van der Waals surface area contributed by atoms with E-state index in [0.717, 1.165) is 45.9 Å². The molecule has 5 N–H and O–H groups in total. The third-order valence-corrected chi connectivity index (χ3v) is 6.91. The van der Waals surface area contributed by atoms with Gasteiger partial charge in [-0.05, 0) is 118 Å². The molecule has 0 fully saturated rings. The first kappa shape index (κ1) is 39.9. The van der Waals surface area contributed by atoms with Gasteiger partial charge in [0.1, 0.15) is 5.60 Å². The topological polar surface area (TPSA) is 90.4 Å². The van der Waals surface area contributed by atoms with E-state index in [2.05, 4.69) is 73.3 Å². The maximum absolute atomic E-state index is 11.4. The lowest BCUT2D eigenvalue weighted by molar-refractivity contribution is 0.0528. The van der Waals surface area contributed by atoms with Gasteiger partial charge in [-0.1, -0.05) is 98.3 Å². The van der Waals surface area contributed by atoms with Crippen molar-refractivity contribution in [2.24, 2.45) is 11.5 Å². The Kier molecular flexibility index (Phi) is 19.9. The molecule has 0 spiro atoms. The number of alkyl carbamates (subject to hydrolysis) is 1. The summed E-state index contributed by atoms with van der Waals surface area (Å²) < 4.78 is 7.31. The molecule has 240 valence electrons. The van der Waals surface area contributed by atoms with Crippen LogP contribution in [0.3, 0.4) is 0 Å². The molecule has 4 aromatic rings. The van der Waals surface area contributed by atoms with E-state index in [9.17, 15) is 4.79 Å². The van der Waals surface area contributed by atoms with Gasteiger partial charge in [0.05, 0.1) is 0 Å². The van der Waals surface area contributed by atoms with Crippen LogP contribution in [0.1, 0.15) is 48.6 Å². The second-order valence-electron chi connectivity index (χ2n) is 10.8. The van der Waals surface area contributed by atoms with Crippen LogP contribution in [0, 0.1) is 11.8 Å².